The van der Waals surface area contributed by atoms with Crippen molar-refractivity contribution >= 4 is 16.9 Å². The number of hydrogen-bond acceptors (Lipinski definition) is 7. The van der Waals surface area contributed by atoms with Crippen molar-refractivity contribution in [2.45, 2.75) is 51.1 Å². The van der Waals surface area contributed by atoms with Crippen LogP contribution >= 0.6 is 0 Å². The maximum atomic E-state index is 13.7. The summed E-state index contributed by atoms with van der Waals surface area (Å²) in [6.45, 7) is 6.59. The Bertz CT molecular complexity index is 1690. The number of carbonyl (C=O) groups excluding carboxylic acids is 1. The van der Waals surface area contributed by atoms with Gasteiger partial charge in [-0.1, -0.05) is 24.3 Å². The van der Waals surface area contributed by atoms with Gasteiger partial charge in [0.15, 0.2) is 11.5 Å². The Morgan fingerprint density at radius 2 is 1.79 bits per heavy atom. The SMILES string of the molecule is CC(C)(C)[S@@](=O)N1Cc2cc(C(=O)NCc3ccc4c(c3)OCO4)nc(-c3cccc(-c4ccncc4)c3)c2[C@H]1CCO. The normalized spacial score (nSPS) is 16.6. The fraction of sp³-hybridized carbons (Fsp3) is 0.303. The predicted octanol–water partition coefficient (Wildman–Crippen LogP) is 5.17. The second kappa shape index (κ2) is 11.9. The Morgan fingerprint density at radius 3 is 2.56 bits per heavy atom. The lowest BCUT2D eigenvalue weighted by molar-refractivity contribution is 0.0945. The molecule has 6 rings (SSSR count). The lowest BCUT2D eigenvalue weighted by Crippen LogP contribution is -2.36. The van der Waals surface area contributed by atoms with Gasteiger partial charge in [0.1, 0.15) is 16.7 Å². The molecule has 2 aromatic carbocycles. The molecular formula is C33H34N4O5S. The van der Waals surface area contributed by atoms with Crippen molar-refractivity contribution < 1.29 is 23.6 Å². The van der Waals surface area contributed by atoms with Crippen molar-refractivity contribution in [1.82, 2.24) is 19.6 Å². The van der Waals surface area contributed by atoms with Crippen molar-refractivity contribution in [3.8, 4) is 33.9 Å². The number of aromatic nitrogens is 2. The lowest BCUT2D eigenvalue weighted by atomic mass is 9.94. The molecule has 9 nitrogen and oxygen atoms in total. The van der Waals surface area contributed by atoms with Crippen LogP contribution in [0.4, 0.5) is 0 Å². The van der Waals surface area contributed by atoms with Gasteiger partial charge in [-0.15, -0.1) is 0 Å². The van der Waals surface area contributed by atoms with E-state index in [2.05, 4.69) is 10.3 Å². The van der Waals surface area contributed by atoms with E-state index in [4.69, 9.17) is 14.5 Å². The molecule has 2 atom stereocenters. The van der Waals surface area contributed by atoms with E-state index in [9.17, 15) is 14.1 Å². The zero-order valence-electron chi connectivity index (χ0n) is 24.4. The van der Waals surface area contributed by atoms with Crippen molar-refractivity contribution in [1.29, 1.82) is 0 Å². The maximum absolute atomic E-state index is 13.7. The molecule has 2 aliphatic heterocycles. The Hall–Kier alpha value is -4.12. The van der Waals surface area contributed by atoms with Gasteiger partial charge in [0, 0.05) is 43.2 Å². The zero-order chi connectivity index (χ0) is 30.1. The molecule has 0 saturated heterocycles. The van der Waals surface area contributed by atoms with E-state index < -0.39 is 15.7 Å². The Morgan fingerprint density at radius 1 is 1.02 bits per heavy atom. The molecule has 222 valence electrons. The molecule has 4 aromatic rings. The molecule has 0 fully saturated rings. The minimum Gasteiger partial charge on any atom is -0.454 e. The molecule has 4 heterocycles. The van der Waals surface area contributed by atoms with E-state index in [-0.39, 0.29) is 37.6 Å². The van der Waals surface area contributed by atoms with Gasteiger partial charge in [-0.05, 0) is 85.8 Å². The van der Waals surface area contributed by atoms with Crippen LogP contribution in [0.2, 0.25) is 0 Å². The first-order valence-corrected chi connectivity index (χ1v) is 15.3. The lowest BCUT2D eigenvalue weighted by Gasteiger charge is -2.30. The van der Waals surface area contributed by atoms with Gasteiger partial charge in [-0.3, -0.25) is 9.78 Å². The molecule has 2 N–H and O–H groups in total. The summed E-state index contributed by atoms with van der Waals surface area (Å²) < 4.78 is 26.0. The number of carbonyl (C=O) groups is 1. The molecule has 43 heavy (non-hydrogen) atoms. The third kappa shape index (κ3) is 5.90. The van der Waals surface area contributed by atoms with Crippen molar-refractivity contribution in [2.75, 3.05) is 13.4 Å². The minimum absolute atomic E-state index is 0.0732. The number of amides is 1. The van der Waals surface area contributed by atoms with Crippen LogP contribution in [0.15, 0.2) is 73.1 Å². The Labute approximate surface area is 253 Å². The largest absolute Gasteiger partial charge is 0.454 e. The standard InChI is InChI=1S/C33H34N4O5S/c1-33(2,3)43(40)37-19-25-17-26(32(39)35-18-21-7-8-28-29(15-21)42-20-41-28)36-31(30(25)27(37)11-14-38)24-6-4-5-23(16-24)22-9-12-34-13-10-22/h4-10,12-13,15-17,27,38H,11,14,18-20H2,1-3H3,(H,35,39)/t27-,43-/m1/s1. The van der Waals surface area contributed by atoms with Gasteiger partial charge >= 0.3 is 0 Å². The summed E-state index contributed by atoms with van der Waals surface area (Å²) in [5.41, 5.74) is 6.40. The molecule has 2 aliphatic rings. The molecule has 0 spiro atoms. The summed E-state index contributed by atoms with van der Waals surface area (Å²) in [6, 6.07) is 18.9. The van der Waals surface area contributed by atoms with Crippen LogP contribution in [-0.4, -0.2) is 47.6 Å². The first-order valence-electron chi connectivity index (χ1n) is 14.2. The van der Waals surface area contributed by atoms with E-state index in [0.29, 0.717) is 30.2 Å². The average molecular weight is 599 g/mol. The number of aliphatic hydroxyl groups excluding tert-OH is 1. The summed E-state index contributed by atoms with van der Waals surface area (Å²) in [7, 11) is -1.35. The highest BCUT2D eigenvalue weighted by Gasteiger charge is 2.40. The molecular weight excluding hydrogens is 564 g/mol. The van der Waals surface area contributed by atoms with E-state index in [0.717, 1.165) is 33.4 Å². The summed E-state index contributed by atoms with van der Waals surface area (Å²) in [6.07, 6.45) is 3.89. The van der Waals surface area contributed by atoms with Crippen LogP contribution < -0.4 is 14.8 Å². The summed E-state index contributed by atoms with van der Waals surface area (Å²) in [4.78, 5) is 22.6. The maximum Gasteiger partial charge on any atom is 0.270 e. The van der Waals surface area contributed by atoms with Crippen LogP contribution in [0.5, 0.6) is 11.5 Å². The summed E-state index contributed by atoms with van der Waals surface area (Å²) in [5.74, 6) is 1.02. The highest BCUT2D eigenvalue weighted by atomic mass is 32.2. The molecule has 0 radical (unpaired) electrons. The molecule has 0 unspecified atom stereocenters. The van der Waals surface area contributed by atoms with E-state index >= 15 is 0 Å². The third-order valence-corrected chi connectivity index (χ3v) is 9.42. The fourth-order valence-corrected chi connectivity index (χ4v) is 6.92. The highest BCUT2D eigenvalue weighted by molar-refractivity contribution is 7.84. The Kier molecular flexibility index (Phi) is 8.00. The highest BCUT2D eigenvalue weighted by Crippen LogP contribution is 2.44. The van der Waals surface area contributed by atoms with Crippen LogP contribution in [-0.2, 0) is 24.1 Å². The van der Waals surface area contributed by atoms with Crippen LogP contribution in [0.25, 0.3) is 22.4 Å². The van der Waals surface area contributed by atoms with Gasteiger partial charge in [0.05, 0.1) is 16.5 Å². The van der Waals surface area contributed by atoms with Crippen LogP contribution in [0.1, 0.15) is 60.4 Å². The van der Waals surface area contributed by atoms with Crippen molar-refractivity contribution in [3.05, 3.63) is 95.4 Å². The number of hydrogen-bond donors (Lipinski definition) is 2. The number of benzene rings is 2. The fourth-order valence-electron chi connectivity index (χ4n) is 5.52. The first-order chi connectivity index (χ1) is 20.7. The number of rotatable bonds is 8. The average Bonchev–Trinajstić information content (AvgIpc) is 3.63. The molecule has 0 aliphatic carbocycles. The molecule has 0 bridgehead atoms. The zero-order valence-corrected chi connectivity index (χ0v) is 25.2. The minimum atomic E-state index is -1.35. The smallest absolute Gasteiger partial charge is 0.270 e. The van der Waals surface area contributed by atoms with E-state index in [1.807, 2.05) is 79.7 Å². The van der Waals surface area contributed by atoms with Gasteiger partial charge in [-0.2, -0.15) is 0 Å². The number of fused-ring (bicyclic) bond motifs is 2. The van der Waals surface area contributed by atoms with Crippen LogP contribution in [0, 0.1) is 0 Å². The van der Waals surface area contributed by atoms with Crippen molar-refractivity contribution in [3.63, 3.8) is 0 Å². The monoisotopic (exact) mass is 598 g/mol. The number of ether oxygens (including phenoxy) is 2. The summed E-state index contributed by atoms with van der Waals surface area (Å²) >= 11 is 0. The van der Waals surface area contributed by atoms with Gasteiger partial charge in [0.2, 0.25) is 6.79 Å². The predicted molar refractivity (Wildman–Crippen MR) is 165 cm³/mol. The first kappa shape index (κ1) is 29.0. The number of aliphatic hydroxyl groups is 1. The number of nitrogens with zero attached hydrogens (tertiary/aromatic N) is 3. The second-order valence-corrected chi connectivity index (χ2v) is 13.8. The van der Waals surface area contributed by atoms with Crippen LogP contribution in [0.3, 0.4) is 0 Å². The quantitative estimate of drug-likeness (QED) is 0.288. The van der Waals surface area contributed by atoms with E-state index in [1.54, 1.807) is 18.5 Å². The third-order valence-electron chi connectivity index (χ3n) is 7.56. The second-order valence-electron chi connectivity index (χ2n) is 11.6. The summed E-state index contributed by atoms with van der Waals surface area (Å²) in [5, 5.41) is 13.0. The number of nitrogens with one attached hydrogen (secondary N) is 1. The van der Waals surface area contributed by atoms with Gasteiger partial charge in [-0.25, -0.2) is 13.5 Å². The molecule has 2 aromatic heterocycles. The Balaban J connectivity index is 1.40. The molecule has 10 heteroatoms. The van der Waals surface area contributed by atoms with Gasteiger partial charge < -0.3 is 19.9 Å². The molecule has 1 amide bonds. The number of pyridine rings is 2. The topological polar surface area (TPSA) is 114 Å². The van der Waals surface area contributed by atoms with Gasteiger partial charge in [0.25, 0.3) is 5.91 Å². The van der Waals surface area contributed by atoms with E-state index in [1.165, 1.54) is 0 Å². The van der Waals surface area contributed by atoms with Crippen molar-refractivity contribution in [2.24, 2.45) is 0 Å². The molecule has 0 saturated carbocycles.